The number of imidazole rings is 1. The second kappa shape index (κ2) is 7.26. The van der Waals surface area contributed by atoms with Crippen molar-refractivity contribution in [3.63, 3.8) is 0 Å². The highest BCUT2D eigenvalue weighted by Crippen LogP contribution is 2.17. The van der Waals surface area contributed by atoms with Gasteiger partial charge in [-0.3, -0.25) is 9.59 Å². The molecule has 2 N–H and O–H groups in total. The van der Waals surface area contributed by atoms with Crippen LogP contribution in [0.1, 0.15) is 37.8 Å². The van der Waals surface area contributed by atoms with E-state index in [1.165, 1.54) is 12.8 Å². The summed E-state index contributed by atoms with van der Waals surface area (Å²) in [5, 5.41) is 5.80. The van der Waals surface area contributed by atoms with Crippen LogP contribution in [0.2, 0.25) is 0 Å². The van der Waals surface area contributed by atoms with Crippen LogP contribution in [0.25, 0.3) is 5.65 Å². The number of nitrogens with one attached hydrogen (secondary N) is 2. The highest BCUT2D eigenvalue weighted by Gasteiger charge is 2.16. The second-order valence-electron chi connectivity index (χ2n) is 6.02. The molecule has 0 unspecified atom stereocenters. The number of rotatable bonds is 6. The molecule has 1 aliphatic carbocycles. The molecule has 6 nitrogen and oxygen atoms in total. The van der Waals surface area contributed by atoms with Crippen LogP contribution in [-0.2, 0) is 16.0 Å². The fraction of sp³-hybridized carbons (Fsp3) is 0.471. The van der Waals surface area contributed by atoms with Gasteiger partial charge in [0.05, 0.1) is 12.1 Å². The van der Waals surface area contributed by atoms with Gasteiger partial charge in [0.25, 0.3) is 0 Å². The first kappa shape index (κ1) is 15.5. The third-order valence-electron chi connectivity index (χ3n) is 4.15. The van der Waals surface area contributed by atoms with Gasteiger partial charge in [0, 0.05) is 31.4 Å². The fourth-order valence-electron chi connectivity index (χ4n) is 2.98. The number of carbonyl (C=O) groups excluding carboxylic acids is 2. The topological polar surface area (TPSA) is 75.5 Å². The van der Waals surface area contributed by atoms with E-state index in [2.05, 4.69) is 15.6 Å². The lowest BCUT2D eigenvalue weighted by molar-refractivity contribution is -0.122. The Labute approximate surface area is 135 Å². The first-order chi connectivity index (χ1) is 11.2. The van der Waals surface area contributed by atoms with Gasteiger partial charge in [0.2, 0.25) is 11.8 Å². The van der Waals surface area contributed by atoms with Crippen LogP contribution in [0.15, 0.2) is 30.6 Å². The SMILES string of the molecule is O=C(Cc1cn2ccccc2n1)NCCC(=O)NC1CCCC1. The maximum absolute atomic E-state index is 11.9. The third kappa shape index (κ3) is 4.31. The molecule has 3 rings (SSSR count). The molecule has 0 aliphatic heterocycles. The van der Waals surface area contributed by atoms with Crippen molar-refractivity contribution < 1.29 is 9.59 Å². The fourth-order valence-corrected chi connectivity index (χ4v) is 2.98. The molecule has 0 saturated heterocycles. The zero-order valence-electron chi connectivity index (χ0n) is 13.1. The van der Waals surface area contributed by atoms with Gasteiger partial charge in [-0.25, -0.2) is 4.98 Å². The summed E-state index contributed by atoms with van der Waals surface area (Å²) in [5.41, 5.74) is 1.55. The van der Waals surface area contributed by atoms with Crippen molar-refractivity contribution in [2.75, 3.05) is 6.54 Å². The molecular weight excluding hydrogens is 292 g/mol. The molecule has 1 aliphatic rings. The van der Waals surface area contributed by atoms with Gasteiger partial charge >= 0.3 is 0 Å². The number of fused-ring (bicyclic) bond motifs is 1. The zero-order chi connectivity index (χ0) is 16.1. The number of hydrogen-bond donors (Lipinski definition) is 2. The van der Waals surface area contributed by atoms with E-state index >= 15 is 0 Å². The van der Waals surface area contributed by atoms with Crippen molar-refractivity contribution in [1.29, 1.82) is 0 Å². The summed E-state index contributed by atoms with van der Waals surface area (Å²) in [6.07, 6.45) is 8.84. The minimum atomic E-state index is -0.109. The molecule has 2 heterocycles. The summed E-state index contributed by atoms with van der Waals surface area (Å²) in [7, 11) is 0. The van der Waals surface area contributed by atoms with Crippen molar-refractivity contribution in [3.8, 4) is 0 Å². The van der Waals surface area contributed by atoms with Gasteiger partial charge in [-0.15, -0.1) is 0 Å². The van der Waals surface area contributed by atoms with E-state index in [-0.39, 0.29) is 18.2 Å². The van der Waals surface area contributed by atoms with Crippen LogP contribution in [-0.4, -0.2) is 33.8 Å². The summed E-state index contributed by atoms with van der Waals surface area (Å²) in [6.45, 7) is 0.366. The molecule has 23 heavy (non-hydrogen) atoms. The molecule has 2 amide bonds. The molecule has 6 heteroatoms. The largest absolute Gasteiger partial charge is 0.355 e. The standard InChI is InChI=1S/C17H22N4O2/c22-16(20-13-5-1-2-6-13)8-9-18-17(23)11-14-12-21-10-4-3-7-15(21)19-14/h3-4,7,10,12-13H,1-2,5-6,8-9,11H2,(H,18,23)(H,20,22). The Balaban J connectivity index is 1.39. The highest BCUT2D eigenvalue weighted by molar-refractivity contribution is 5.80. The number of hydrogen-bond acceptors (Lipinski definition) is 3. The number of amides is 2. The maximum atomic E-state index is 11.9. The Morgan fingerprint density at radius 1 is 1.22 bits per heavy atom. The Morgan fingerprint density at radius 2 is 2.04 bits per heavy atom. The van der Waals surface area contributed by atoms with Crippen molar-refractivity contribution in [3.05, 3.63) is 36.3 Å². The number of aromatic nitrogens is 2. The minimum absolute atomic E-state index is 0.0185. The number of pyridine rings is 1. The number of carbonyl (C=O) groups is 2. The van der Waals surface area contributed by atoms with Crippen LogP contribution in [0, 0.1) is 0 Å². The van der Waals surface area contributed by atoms with E-state index < -0.39 is 0 Å². The quantitative estimate of drug-likeness (QED) is 0.847. The molecule has 122 valence electrons. The second-order valence-corrected chi connectivity index (χ2v) is 6.02. The Morgan fingerprint density at radius 3 is 2.83 bits per heavy atom. The van der Waals surface area contributed by atoms with Crippen LogP contribution in [0.3, 0.4) is 0 Å². The van der Waals surface area contributed by atoms with Crippen LogP contribution in [0.4, 0.5) is 0 Å². The lowest BCUT2D eigenvalue weighted by atomic mass is 10.2. The molecule has 2 aromatic rings. The van der Waals surface area contributed by atoms with Crippen molar-refractivity contribution in [2.45, 2.75) is 44.6 Å². The average Bonchev–Trinajstić information content (AvgIpc) is 3.15. The first-order valence-corrected chi connectivity index (χ1v) is 8.19. The molecule has 0 bridgehead atoms. The Kier molecular flexibility index (Phi) is 4.90. The van der Waals surface area contributed by atoms with Crippen molar-refractivity contribution >= 4 is 17.5 Å². The van der Waals surface area contributed by atoms with E-state index in [1.54, 1.807) is 0 Å². The minimum Gasteiger partial charge on any atom is -0.355 e. The van der Waals surface area contributed by atoms with E-state index in [0.29, 0.717) is 19.0 Å². The predicted octanol–water partition coefficient (Wildman–Crippen LogP) is 1.44. The van der Waals surface area contributed by atoms with Crippen molar-refractivity contribution in [2.24, 2.45) is 0 Å². The lowest BCUT2D eigenvalue weighted by Gasteiger charge is -2.11. The predicted molar refractivity (Wildman–Crippen MR) is 86.9 cm³/mol. The molecule has 0 radical (unpaired) electrons. The summed E-state index contributed by atoms with van der Waals surface area (Å²) in [6, 6.07) is 6.06. The molecule has 1 saturated carbocycles. The van der Waals surface area contributed by atoms with Gasteiger partial charge < -0.3 is 15.0 Å². The molecule has 2 aromatic heterocycles. The summed E-state index contributed by atoms with van der Waals surface area (Å²) in [5.74, 6) is -0.0907. The zero-order valence-corrected chi connectivity index (χ0v) is 13.1. The summed E-state index contributed by atoms with van der Waals surface area (Å²) in [4.78, 5) is 28.1. The lowest BCUT2D eigenvalue weighted by Crippen LogP contribution is -2.35. The molecule has 1 fully saturated rings. The van der Waals surface area contributed by atoms with Gasteiger partial charge in [0.15, 0.2) is 0 Å². The van der Waals surface area contributed by atoms with E-state index in [1.807, 2.05) is 35.0 Å². The van der Waals surface area contributed by atoms with Gasteiger partial charge in [-0.1, -0.05) is 18.9 Å². The Bertz CT molecular complexity index is 656. The van der Waals surface area contributed by atoms with Crippen molar-refractivity contribution in [1.82, 2.24) is 20.0 Å². The maximum Gasteiger partial charge on any atom is 0.226 e. The molecular formula is C17H22N4O2. The van der Waals surface area contributed by atoms with E-state index in [0.717, 1.165) is 24.2 Å². The first-order valence-electron chi connectivity index (χ1n) is 8.19. The van der Waals surface area contributed by atoms with Gasteiger partial charge in [-0.2, -0.15) is 0 Å². The van der Waals surface area contributed by atoms with E-state index in [9.17, 15) is 9.59 Å². The van der Waals surface area contributed by atoms with Gasteiger partial charge in [0.1, 0.15) is 5.65 Å². The van der Waals surface area contributed by atoms with E-state index in [4.69, 9.17) is 0 Å². The number of nitrogens with zero attached hydrogens (tertiary/aromatic N) is 2. The normalized spacial score (nSPS) is 15.0. The summed E-state index contributed by atoms with van der Waals surface area (Å²) < 4.78 is 1.89. The molecule has 0 aromatic carbocycles. The smallest absolute Gasteiger partial charge is 0.226 e. The average molecular weight is 314 g/mol. The molecule has 0 atom stereocenters. The Hall–Kier alpha value is -2.37. The van der Waals surface area contributed by atoms with Crippen LogP contribution < -0.4 is 10.6 Å². The van der Waals surface area contributed by atoms with Crippen LogP contribution >= 0.6 is 0 Å². The molecule has 0 spiro atoms. The highest BCUT2D eigenvalue weighted by atomic mass is 16.2. The van der Waals surface area contributed by atoms with Gasteiger partial charge in [-0.05, 0) is 25.0 Å². The van der Waals surface area contributed by atoms with Crippen LogP contribution in [0.5, 0.6) is 0 Å². The summed E-state index contributed by atoms with van der Waals surface area (Å²) >= 11 is 0. The monoisotopic (exact) mass is 314 g/mol. The third-order valence-corrected chi connectivity index (χ3v) is 4.15.